The van der Waals surface area contributed by atoms with Crippen LogP contribution in [-0.4, -0.2) is 33.7 Å². The second kappa shape index (κ2) is 6.83. The number of hydrogen-bond acceptors (Lipinski definition) is 5. The van der Waals surface area contributed by atoms with Crippen molar-refractivity contribution in [2.24, 2.45) is 0 Å². The molecular weight excluding hydrogens is 316 g/mol. The minimum absolute atomic E-state index is 0.167. The molecule has 0 N–H and O–H groups in total. The Kier molecular flexibility index (Phi) is 5.05. The first-order valence-electron chi connectivity index (χ1n) is 6.96. The summed E-state index contributed by atoms with van der Waals surface area (Å²) >= 11 is 0. The van der Waals surface area contributed by atoms with Crippen LogP contribution in [0.5, 0.6) is 11.5 Å². The molecule has 0 amide bonds. The molecule has 0 saturated carbocycles. The van der Waals surface area contributed by atoms with Gasteiger partial charge in [-0.25, -0.2) is 8.42 Å². The zero-order valence-corrected chi connectivity index (χ0v) is 14.0. The van der Waals surface area contributed by atoms with E-state index in [1.807, 2.05) is 0 Å². The van der Waals surface area contributed by atoms with Gasteiger partial charge in [-0.2, -0.15) is 0 Å². The minimum atomic E-state index is -3.25. The van der Waals surface area contributed by atoms with E-state index in [2.05, 4.69) is 0 Å². The lowest BCUT2D eigenvalue weighted by atomic mass is 10.1. The van der Waals surface area contributed by atoms with Gasteiger partial charge >= 0.3 is 0 Å². The molecule has 0 bridgehead atoms. The van der Waals surface area contributed by atoms with E-state index in [0.717, 1.165) is 6.26 Å². The molecule has 23 heavy (non-hydrogen) atoms. The number of rotatable bonds is 6. The van der Waals surface area contributed by atoms with E-state index in [1.165, 1.54) is 24.3 Å². The highest BCUT2D eigenvalue weighted by molar-refractivity contribution is 7.90. The third kappa shape index (κ3) is 4.32. The van der Waals surface area contributed by atoms with Crippen LogP contribution in [0.3, 0.4) is 0 Å². The van der Waals surface area contributed by atoms with Gasteiger partial charge in [0.2, 0.25) is 5.78 Å². The molecule has 0 aliphatic rings. The maximum atomic E-state index is 12.3. The fourth-order valence-electron chi connectivity index (χ4n) is 2.01. The molecule has 5 nitrogen and oxygen atoms in total. The Labute approximate surface area is 135 Å². The number of ether oxygens (including phenoxy) is 2. The number of methoxy groups -OCH3 is 1. The Morgan fingerprint density at radius 3 is 1.96 bits per heavy atom. The molecule has 0 aliphatic heterocycles. The van der Waals surface area contributed by atoms with Crippen LogP contribution in [0.1, 0.15) is 17.3 Å². The van der Waals surface area contributed by atoms with Gasteiger partial charge in [0.25, 0.3) is 0 Å². The maximum Gasteiger partial charge on any atom is 0.202 e. The van der Waals surface area contributed by atoms with Crippen molar-refractivity contribution in [2.75, 3.05) is 13.4 Å². The van der Waals surface area contributed by atoms with Gasteiger partial charge in [0.1, 0.15) is 11.5 Å². The van der Waals surface area contributed by atoms with Gasteiger partial charge in [0.15, 0.2) is 15.9 Å². The summed E-state index contributed by atoms with van der Waals surface area (Å²) in [4.78, 5) is 12.5. The van der Waals surface area contributed by atoms with Crippen LogP contribution in [0.4, 0.5) is 0 Å². The van der Waals surface area contributed by atoms with Gasteiger partial charge in [0.05, 0.1) is 12.0 Å². The van der Waals surface area contributed by atoms with Gasteiger partial charge < -0.3 is 9.47 Å². The molecule has 0 spiro atoms. The van der Waals surface area contributed by atoms with Gasteiger partial charge in [-0.15, -0.1) is 0 Å². The summed E-state index contributed by atoms with van der Waals surface area (Å²) in [6, 6.07) is 12.7. The minimum Gasteiger partial charge on any atom is -0.497 e. The SMILES string of the molecule is COc1ccc(C(=O)[C@@H](C)Oc2ccc(S(C)(=O)=O)cc2)cc1. The maximum absolute atomic E-state index is 12.3. The molecule has 0 aromatic heterocycles. The Hall–Kier alpha value is -2.34. The van der Waals surface area contributed by atoms with Crippen LogP contribution in [0.15, 0.2) is 53.4 Å². The van der Waals surface area contributed by atoms with Crippen LogP contribution in [0.25, 0.3) is 0 Å². The lowest BCUT2D eigenvalue weighted by molar-refractivity contribution is 0.0818. The van der Waals surface area contributed by atoms with Crippen LogP contribution >= 0.6 is 0 Å². The first-order chi connectivity index (χ1) is 10.8. The lowest BCUT2D eigenvalue weighted by Crippen LogP contribution is -2.23. The Bertz CT molecular complexity index is 777. The van der Waals surface area contributed by atoms with E-state index in [4.69, 9.17) is 9.47 Å². The molecule has 0 fully saturated rings. The highest BCUT2D eigenvalue weighted by Gasteiger charge is 2.17. The van der Waals surface area contributed by atoms with Crippen molar-refractivity contribution in [3.8, 4) is 11.5 Å². The van der Waals surface area contributed by atoms with Gasteiger partial charge in [-0.05, 0) is 55.5 Å². The van der Waals surface area contributed by atoms with Crippen molar-refractivity contribution in [2.45, 2.75) is 17.9 Å². The predicted molar refractivity (Wildman–Crippen MR) is 87.0 cm³/mol. The van der Waals surface area contributed by atoms with Gasteiger partial charge in [-0.3, -0.25) is 4.79 Å². The molecule has 1 atom stereocenters. The highest BCUT2D eigenvalue weighted by atomic mass is 32.2. The van der Waals surface area contributed by atoms with Crippen molar-refractivity contribution in [3.05, 3.63) is 54.1 Å². The topological polar surface area (TPSA) is 69.7 Å². The fraction of sp³-hybridized carbons (Fsp3) is 0.235. The van der Waals surface area contributed by atoms with Crippen molar-refractivity contribution in [1.82, 2.24) is 0 Å². The van der Waals surface area contributed by atoms with E-state index in [1.54, 1.807) is 38.3 Å². The third-order valence-corrected chi connectivity index (χ3v) is 4.44. The molecule has 0 saturated heterocycles. The van der Waals surface area contributed by atoms with Crippen molar-refractivity contribution >= 4 is 15.6 Å². The van der Waals surface area contributed by atoms with Crippen molar-refractivity contribution in [1.29, 1.82) is 0 Å². The summed E-state index contributed by atoms with van der Waals surface area (Å²) in [6.45, 7) is 1.65. The summed E-state index contributed by atoms with van der Waals surface area (Å²) in [5.74, 6) is 0.943. The molecular formula is C17H18O5S. The fourth-order valence-corrected chi connectivity index (χ4v) is 2.64. The average molecular weight is 334 g/mol. The molecule has 2 aromatic carbocycles. The molecule has 2 aromatic rings. The van der Waals surface area contributed by atoms with Crippen LogP contribution in [0, 0.1) is 0 Å². The average Bonchev–Trinajstić information content (AvgIpc) is 2.54. The van der Waals surface area contributed by atoms with E-state index in [9.17, 15) is 13.2 Å². The molecule has 122 valence electrons. The van der Waals surface area contributed by atoms with Crippen LogP contribution < -0.4 is 9.47 Å². The van der Waals surface area contributed by atoms with E-state index < -0.39 is 15.9 Å². The number of carbonyl (C=O) groups is 1. The quantitative estimate of drug-likeness (QED) is 0.760. The lowest BCUT2D eigenvalue weighted by Gasteiger charge is -2.14. The largest absolute Gasteiger partial charge is 0.497 e. The number of ketones is 1. The second-order valence-electron chi connectivity index (χ2n) is 5.10. The smallest absolute Gasteiger partial charge is 0.202 e. The summed E-state index contributed by atoms with van der Waals surface area (Å²) in [5, 5.41) is 0. The first kappa shape index (κ1) is 17.0. The molecule has 0 aliphatic carbocycles. The summed E-state index contributed by atoms with van der Waals surface area (Å²) in [5.41, 5.74) is 0.519. The zero-order valence-electron chi connectivity index (χ0n) is 13.1. The second-order valence-corrected chi connectivity index (χ2v) is 7.11. The number of carbonyl (C=O) groups excluding carboxylic acids is 1. The van der Waals surface area contributed by atoms with Crippen molar-refractivity contribution < 1.29 is 22.7 Å². The molecule has 6 heteroatoms. The predicted octanol–water partition coefficient (Wildman–Crippen LogP) is 2.75. The van der Waals surface area contributed by atoms with Crippen LogP contribution in [0.2, 0.25) is 0 Å². The van der Waals surface area contributed by atoms with E-state index >= 15 is 0 Å². The monoisotopic (exact) mass is 334 g/mol. The van der Waals surface area contributed by atoms with E-state index in [-0.39, 0.29) is 10.7 Å². The highest BCUT2D eigenvalue weighted by Crippen LogP contribution is 2.19. The van der Waals surface area contributed by atoms with E-state index in [0.29, 0.717) is 17.1 Å². The number of Topliss-reactive ketones (excluding diaryl/α,β-unsaturated/α-hetero) is 1. The molecule has 0 heterocycles. The van der Waals surface area contributed by atoms with Gasteiger partial charge in [0, 0.05) is 11.8 Å². The normalized spacial score (nSPS) is 12.5. The molecule has 0 unspecified atom stereocenters. The first-order valence-corrected chi connectivity index (χ1v) is 8.85. The number of benzene rings is 2. The molecule has 0 radical (unpaired) electrons. The molecule has 2 rings (SSSR count). The third-order valence-electron chi connectivity index (χ3n) is 3.31. The Balaban J connectivity index is 2.08. The Morgan fingerprint density at radius 2 is 1.48 bits per heavy atom. The standard InChI is InChI=1S/C17H18O5S/c1-12(17(18)13-4-6-14(21-2)7-5-13)22-15-8-10-16(11-9-15)23(3,19)20/h4-12H,1-3H3/t12-/m1/s1. The number of hydrogen-bond donors (Lipinski definition) is 0. The number of sulfone groups is 1. The summed E-state index contributed by atoms with van der Waals surface area (Å²) in [7, 11) is -1.69. The van der Waals surface area contributed by atoms with Crippen molar-refractivity contribution in [3.63, 3.8) is 0 Å². The summed E-state index contributed by atoms with van der Waals surface area (Å²) in [6.07, 6.45) is 0.450. The van der Waals surface area contributed by atoms with Crippen LogP contribution in [-0.2, 0) is 9.84 Å². The van der Waals surface area contributed by atoms with Gasteiger partial charge in [-0.1, -0.05) is 0 Å². The zero-order chi connectivity index (χ0) is 17.0. The Morgan fingerprint density at radius 1 is 0.957 bits per heavy atom. The summed E-state index contributed by atoms with van der Waals surface area (Å²) < 4.78 is 33.4.